The molecule has 0 unspecified atom stereocenters. The van der Waals surface area contributed by atoms with Gasteiger partial charge in [0.05, 0.1) is 28.3 Å². The number of ether oxygens (including phenoxy) is 1. The van der Waals surface area contributed by atoms with Gasteiger partial charge in [0, 0.05) is 13.3 Å². The number of para-hydroxylation sites is 1. The Hall–Kier alpha value is -3.56. The summed E-state index contributed by atoms with van der Waals surface area (Å²) in [7, 11) is 1.62. The zero-order valence-corrected chi connectivity index (χ0v) is 17.8. The zero-order chi connectivity index (χ0) is 21.9. The number of rotatable bonds is 5. The van der Waals surface area contributed by atoms with Crippen LogP contribution in [0.5, 0.6) is 0 Å². The maximum absolute atomic E-state index is 13.7. The summed E-state index contributed by atoms with van der Waals surface area (Å²) in [6, 6.07) is 11.1. The fraction of sp³-hybridized carbons (Fsp3) is 0.227. The van der Waals surface area contributed by atoms with Crippen LogP contribution in [0.1, 0.15) is 24.4 Å². The molecule has 0 spiro atoms. The van der Waals surface area contributed by atoms with Gasteiger partial charge in [-0.05, 0) is 37.1 Å². The van der Waals surface area contributed by atoms with E-state index in [4.69, 9.17) is 20.9 Å². The van der Waals surface area contributed by atoms with Crippen molar-refractivity contribution in [2.24, 2.45) is 0 Å². The van der Waals surface area contributed by atoms with Gasteiger partial charge in [0.2, 0.25) is 5.82 Å². The Bertz CT molecular complexity index is 1530. The predicted octanol–water partition coefficient (Wildman–Crippen LogP) is 3.43. The Morgan fingerprint density at radius 1 is 1.16 bits per heavy atom. The summed E-state index contributed by atoms with van der Waals surface area (Å²) < 4.78 is 14.3. The number of nitrogens with zero attached hydrogens (tertiary/aromatic N) is 6. The van der Waals surface area contributed by atoms with Gasteiger partial charge in [-0.3, -0.25) is 18.7 Å². The maximum Gasteiger partial charge on any atom is 0.278 e. The van der Waals surface area contributed by atoms with Crippen molar-refractivity contribution >= 4 is 28.2 Å². The molecular weight excluding hydrogens is 432 g/mol. The first-order valence-electron chi connectivity index (χ1n) is 10.1. The van der Waals surface area contributed by atoms with E-state index in [1.165, 1.54) is 0 Å². The third kappa shape index (κ3) is 2.78. The van der Waals surface area contributed by atoms with Crippen molar-refractivity contribution in [1.82, 2.24) is 29.1 Å². The molecule has 1 aromatic carbocycles. The summed E-state index contributed by atoms with van der Waals surface area (Å²) in [5, 5.41) is 4.55. The second-order valence-electron chi connectivity index (χ2n) is 7.75. The lowest BCUT2D eigenvalue weighted by Gasteiger charge is -2.13. The van der Waals surface area contributed by atoms with Crippen molar-refractivity contribution in [3.63, 3.8) is 0 Å². The molecule has 0 aliphatic heterocycles. The lowest BCUT2D eigenvalue weighted by molar-refractivity contribution is 0.0492. The Balaban J connectivity index is 1.60. The number of hydrogen-bond donors (Lipinski definition) is 0. The monoisotopic (exact) mass is 448 g/mol. The van der Waals surface area contributed by atoms with Crippen LogP contribution in [0.4, 0.5) is 0 Å². The lowest BCUT2D eigenvalue weighted by atomic mass is 10.2. The molecule has 1 fully saturated rings. The number of aromatic nitrogens is 6. The topological polar surface area (TPSA) is 100 Å². The van der Waals surface area contributed by atoms with Gasteiger partial charge in [-0.2, -0.15) is 4.98 Å². The van der Waals surface area contributed by atoms with Crippen LogP contribution in [-0.2, 0) is 16.9 Å². The lowest BCUT2D eigenvalue weighted by Crippen LogP contribution is -2.24. The van der Waals surface area contributed by atoms with Gasteiger partial charge in [0.25, 0.3) is 11.4 Å². The number of methoxy groups -OCH3 is 1. The summed E-state index contributed by atoms with van der Waals surface area (Å²) in [4.78, 5) is 27.1. The van der Waals surface area contributed by atoms with Crippen LogP contribution in [0.2, 0.25) is 5.02 Å². The third-order valence-corrected chi connectivity index (χ3v) is 6.18. The molecule has 0 atom stereocenters. The molecule has 6 rings (SSSR count). The van der Waals surface area contributed by atoms with Gasteiger partial charge < -0.3 is 9.26 Å². The van der Waals surface area contributed by atoms with Crippen LogP contribution in [0.15, 0.2) is 58.2 Å². The van der Waals surface area contributed by atoms with Crippen LogP contribution in [0.25, 0.3) is 28.1 Å². The quantitative estimate of drug-likeness (QED) is 0.406. The fourth-order valence-electron chi connectivity index (χ4n) is 4.02. The highest BCUT2D eigenvalue weighted by atomic mass is 35.5. The molecule has 32 heavy (non-hydrogen) atoms. The fourth-order valence-corrected chi connectivity index (χ4v) is 4.29. The van der Waals surface area contributed by atoms with Crippen molar-refractivity contribution in [3.05, 3.63) is 75.9 Å². The minimum Gasteiger partial charge on any atom is -0.368 e. The molecule has 1 saturated carbocycles. The third-order valence-electron chi connectivity index (χ3n) is 5.88. The number of hydrogen-bond acceptors (Lipinski definition) is 7. The molecular formula is C22H17ClN6O3. The highest BCUT2D eigenvalue weighted by Gasteiger charge is 2.50. The van der Waals surface area contributed by atoms with Gasteiger partial charge in [-0.25, -0.2) is 4.98 Å². The van der Waals surface area contributed by atoms with Gasteiger partial charge in [0.15, 0.2) is 0 Å². The molecule has 9 nitrogen and oxygen atoms in total. The van der Waals surface area contributed by atoms with Gasteiger partial charge in [-0.1, -0.05) is 28.9 Å². The van der Waals surface area contributed by atoms with E-state index < -0.39 is 5.60 Å². The second kappa shape index (κ2) is 6.98. The first-order chi connectivity index (χ1) is 15.6. The van der Waals surface area contributed by atoms with Crippen LogP contribution < -0.4 is 5.56 Å². The van der Waals surface area contributed by atoms with E-state index in [-0.39, 0.29) is 17.9 Å². The molecule has 0 saturated heterocycles. The first kappa shape index (κ1) is 19.1. The van der Waals surface area contributed by atoms with Crippen molar-refractivity contribution in [3.8, 4) is 11.5 Å². The standard InChI is InChI=1S/C22H17ClN6O3/c1-31-22(8-9-22)21-26-19(27-32-21)16-18-20(30)28(11-13-5-2-3-10-24-13)17-14(23)6-4-7-15(17)29(18)12-25-16/h2-7,10,12H,8-9,11H2,1H3. The molecule has 5 aromatic rings. The van der Waals surface area contributed by atoms with E-state index in [9.17, 15) is 4.79 Å². The number of benzene rings is 1. The SMILES string of the molecule is COC1(c2nc(-c3ncn4c3c(=O)n(Cc3ccccn3)c3c(Cl)cccc34)no2)CC1. The molecule has 4 aromatic heterocycles. The Kier molecular flexibility index (Phi) is 4.17. The molecule has 4 heterocycles. The van der Waals surface area contributed by atoms with Crippen molar-refractivity contribution in [2.45, 2.75) is 25.0 Å². The van der Waals surface area contributed by atoms with Crippen molar-refractivity contribution < 1.29 is 9.26 Å². The number of pyridine rings is 1. The number of imidazole rings is 1. The minimum atomic E-state index is -0.528. The Labute approximate surface area is 186 Å². The summed E-state index contributed by atoms with van der Waals surface area (Å²) in [6.07, 6.45) is 4.90. The normalized spacial score (nSPS) is 14.9. The highest BCUT2D eigenvalue weighted by Crippen LogP contribution is 2.48. The Morgan fingerprint density at radius 2 is 2.03 bits per heavy atom. The molecule has 1 aliphatic carbocycles. The molecule has 10 heteroatoms. The molecule has 0 bridgehead atoms. The number of fused-ring (bicyclic) bond motifs is 3. The molecule has 0 amide bonds. The zero-order valence-electron chi connectivity index (χ0n) is 17.0. The molecule has 1 aliphatic rings. The van der Waals surface area contributed by atoms with Crippen molar-refractivity contribution in [2.75, 3.05) is 7.11 Å². The summed E-state index contributed by atoms with van der Waals surface area (Å²) in [6.45, 7) is 0.255. The molecule has 160 valence electrons. The van der Waals surface area contributed by atoms with E-state index in [2.05, 4.69) is 20.1 Å². The van der Waals surface area contributed by atoms with Crippen LogP contribution in [0.3, 0.4) is 0 Å². The first-order valence-corrected chi connectivity index (χ1v) is 10.5. The smallest absolute Gasteiger partial charge is 0.278 e. The van der Waals surface area contributed by atoms with E-state index in [0.29, 0.717) is 27.6 Å². The predicted molar refractivity (Wildman–Crippen MR) is 117 cm³/mol. The van der Waals surface area contributed by atoms with Gasteiger partial charge in [-0.15, -0.1) is 0 Å². The van der Waals surface area contributed by atoms with Crippen LogP contribution in [-0.4, -0.2) is 36.2 Å². The largest absolute Gasteiger partial charge is 0.368 e. The minimum absolute atomic E-state index is 0.244. The van der Waals surface area contributed by atoms with E-state index in [1.807, 2.05) is 30.3 Å². The van der Waals surface area contributed by atoms with E-state index in [0.717, 1.165) is 24.1 Å². The molecule has 0 N–H and O–H groups in total. The molecule has 0 radical (unpaired) electrons. The van der Waals surface area contributed by atoms with E-state index >= 15 is 0 Å². The summed E-state index contributed by atoms with van der Waals surface area (Å²) in [5.41, 5.74) is 1.95. The second-order valence-corrected chi connectivity index (χ2v) is 8.16. The summed E-state index contributed by atoms with van der Waals surface area (Å²) in [5.74, 6) is 0.641. The average Bonchev–Trinajstić information content (AvgIpc) is 3.24. The number of halogens is 1. The van der Waals surface area contributed by atoms with Crippen LogP contribution in [0, 0.1) is 0 Å². The Morgan fingerprint density at radius 3 is 2.78 bits per heavy atom. The highest BCUT2D eigenvalue weighted by molar-refractivity contribution is 6.35. The van der Waals surface area contributed by atoms with Crippen LogP contribution >= 0.6 is 11.6 Å². The van der Waals surface area contributed by atoms with Crippen molar-refractivity contribution in [1.29, 1.82) is 0 Å². The summed E-state index contributed by atoms with van der Waals surface area (Å²) >= 11 is 6.53. The average molecular weight is 449 g/mol. The van der Waals surface area contributed by atoms with Gasteiger partial charge in [0.1, 0.15) is 23.1 Å². The maximum atomic E-state index is 13.7. The van der Waals surface area contributed by atoms with E-state index in [1.54, 1.807) is 34.7 Å². The van der Waals surface area contributed by atoms with Gasteiger partial charge >= 0.3 is 0 Å².